The smallest absolute Gasteiger partial charge is 0.324 e. The van der Waals surface area contributed by atoms with E-state index in [1.54, 1.807) is 12.3 Å². The van der Waals surface area contributed by atoms with Crippen molar-refractivity contribution in [3.8, 4) is 0 Å². The Labute approximate surface area is 129 Å². The largest absolute Gasteiger partial charge is 0.417 e. The van der Waals surface area contributed by atoms with Crippen molar-refractivity contribution in [1.29, 1.82) is 0 Å². The lowest BCUT2D eigenvalue weighted by Gasteiger charge is -2.15. The van der Waals surface area contributed by atoms with Gasteiger partial charge in [-0.25, -0.2) is 0 Å². The van der Waals surface area contributed by atoms with Crippen LogP contribution in [0, 0.1) is 6.92 Å². The van der Waals surface area contributed by atoms with Crippen molar-refractivity contribution in [3.63, 3.8) is 0 Å². The fourth-order valence-electron chi connectivity index (χ4n) is 1.95. The maximum Gasteiger partial charge on any atom is 0.417 e. The molecule has 21 heavy (non-hydrogen) atoms. The van der Waals surface area contributed by atoms with Gasteiger partial charge >= 0.3 is 6.18 Å². The van der Waals surface area contributed by atoms with Gasteiger partial charge in [0.1, 0.15) is 0 Å². The topological polar surface area (TPSA) is 38.9 Å². The Morgan fingerprint density at radius 1 is 1.24 bits per heavy atom. The van der Waals surface area contributed by atoms with Crippen LogP contribution in [0.25, 0.3) is 0 Å². The van der Waals surface area contributed by atoms with Crippen LogP contribution in [0.2, 0.25) is 0 Å². The minimum Gasteiger partial charge on any atom is -0.324 e. The van der Waals surface area contributed by atoms with Crippen molar-refractivity contribution in [2.24, 2.45) is 5.73 Å². The summed E-state index contributed by atoms with van der Waals surface area (Å²) < 4.78 is 38.7. The summed E-state index contributed by atoms with van der Waals surface area (Å²) in [5.74, 6) is 0. The van der Waals surface area contributed by atoms with E-state index < -0.39 is 17.8 Å². The van der Waals surface area contributed by atoms with E-state index in [1.165, 1.54) is 6.07 Å². The SMILES string of the molecule is Cc1ccc(CC(N)c2ccc(Br)c(C(F)(F)F)c2)nc1. The van der Waals surface area contributed by atoms with Crippen molar-refractivity contribution in [2.75, 3.05) is 0 Å². The second-order valence-electron chi connectivity index (χ2n) is 4.87. The Morgan fingerprint density at radius 2 is 1.95 bits per heavy atom. The summed E-state index contributed by atoms with van der Waals surface area (Å²) in [5.41, 5.74) is 7.50. The highest BCUT2D eigenvalue weighted by atomic mass is 79.9. The molecular weight excluding hydrogens is 345 g/mol. The van der Waals surface area contributed by atoms with Crippen LogP contribution in [-0.2, 0) is 12.6 Å². The zero-order valence-corrected chi connectivity index (χ0v) is 12.9. The van der Waals surface area contributed by atoms with Gasteiger partial charge in [0.05, 0.1) is 5.56 Å². The van der Waals surface area contributed by atoms with Gasteiger partial charge < -0.3 is 5.73 Å². The molecule has 1 aromatic carbocycles. The molecule has 112 valence electrons. The van der Waals surface area contributed by atoms with Gasteiger partial charge in [-0.1, -0.05) is 28.1 Å². The lowest BCUT2D eigenvalue weighted by molar-refractivity contribution is -0.138. The van der Waals surface area contributed by atoms with E-state index in [2.05, 4.69) is 20.9 Å². The molecule has 0 saturated carbocycles. The molecule has 2 N–H and O–H groups in total. The number of aryl methyl sites for hydroxylation is 1. The zero-order valence-electron chi connectivity index (χ0n) is 11.3. The number of benzene rings is 1. The molecule has 0 radical (unpaired) electrons. The first-order chi connectivity index (χ1) is 9.77. The van der Waals surface area contributed by atoms with E-state index in [0.29, 0.717) is 12.0 Å². The molecule has 6 heteroatoms. The first kappa shape index (κ1) is 16.0. The Morgan fingerprint density at radius 3 is 2.52 bits per heavy atom. The molecular formula is C15H14BrF3N2. The van der Waals surface area contributed by atoms with Crippen LogP contribution in [0.15, 0.2) is 41.0 Å². The average Bonchev–Trinajstić information content (AvgIpc) is 2.40. The van der Waals surface area contributed by atoms with E-state index in [9.17, 15) is 13.2 Å². The highest BCUT2D eigenvalue weighted by molar-refractivity contribution is 9.10. The summed E-state index contributed by atoms with van der Waals surface area (Å²) >= 11 is 2.92. The number of hydrogen-bond acceptors (Lipinski definition) is 2. The zero-order chi connectivity index (χ0) is 15.6. The molecule has 0 aliphatic rings. The summed E-state index contributed by atoms with van der Waals surface area (Å²) in [7, 11) is 0. The molecule has 0 spiro atoms. The summed E-state index contributed by atoms with van der Waals surface area (Å²) in [6, 6.07) is 7.26. The summed E-state index contributed by atoms with van der Waals surface area (Å²) in [4.78, 5) is 4.22. The monoisotopic (exact) mass is 358 g/mol. The van der Waals surface area contributed by atoms with Crippen molar-refractivity contribution in [1.82, 2.24) is 4.98 Å². The van der Waals surface area contributed by atoms with Crippen LogP contribution in [0.4, 0.5) is 13.2 Å². The number of nitrogens with zero attached hydrogens (tertiary/aromatic N) is 1. The number of aromatic nitrogens is 1. The molecule has 1 aromatic heterocycles. The van der Waals surface area contributed by atoms with E-state index in [-0.39, 0.29) is 4.47 Å². The minimum absolute atomic E-state index is 0.0133. The summed E-state index contributed by atoms with van der Waals surface area (Å²) in [6.45, 7) is 1.92. The van der Waals surface area contributed by atoms with Gasteiger partial charge in [0, 0.05) is 28.8 Å². The van der Waals surface area contributed by atoms with Gasteiger partial charge in [-0.15, -0.1) is 0 Å². The van der Waals surface area contributed by atoms with E-state index in [4.69, 9.17) is 5.73 Å². The Balaban J connectivity index is 2.23. The van der Waals surface area contributed by atoms with Gasteiger partial charge in [-0.2, -0.15) is 13.2 Å². The fraction of sp³-hybridized carbons (Fsp3) is 0.267. The van der Waals surface area contributed by atoms with E-state index in [0.717, 1.165) is 17.3 Å². The molecule has 0 aliphatic carbocycles. The Kier molecular flexibility index (Phi) is 4.68. The van der Waals surface area contributed by atoms with E-state index >= 15 is 0 Å². The van der Waals surface area contributed by atoms with Crippen LogP contribution < -0.4 is 5.73 Å². The Bertz CT molecular complexity index is 624. The first-order valence-electron chi connectivity index (χ1n) is 6.31. The van der Waals surface area contributed by atoms with Crippen molar-refractivity contribution < 1.29 is 13.2 Å². The van der Waals surface area contributed by atoms with Gasteiger partial charge in [0.2, 0.25) is 0 Å². The molecule has 0 bridgehead atoms. The number of pyridine rings is 1. The standard InChI is InChI=1S/C15H14BrF3N2/c1-9-2-4-11(21-8-9)7-14(20)10-3-5-13(16)12(6-10)15(17,18)19/h2-6,8,14H,7,20H2,1H3. The quantitative estimate of drug-likeness (QED) is 0.882. The number of nitrogens with two attached hydrogens (primary N) is 1. The average molecular weight is 359 g/mol. The molecule has 1 atom stereocenters. The third-order valence-corrected chi connectivity index (χ3v) is 3.82. The molecule has 1 heterocycles. The molecule has 0 saturated heterocycles. The first-order valence-corrected chi connectivity index (χ1v) is 7.10. The highest BCUT2D eigenvalue weighted by Gasteiger charge is 2.33. The van der Waals surface area contributed by atoms with Crippen molar-refractivity contribution in [3.05, 3.63) is 63.4 Å². The molecule has 0 amide bonds. The molecule has 0 aliphatic heterocycles. The third kappa shape index (κ3) is 4.04. The molecule has 2 nitrogen and oxygen atoms in total. The lowest BCUT2D eigenvalue weighted by Crippen LogP contribution is -2.16. The normalized spacial score (nSPS) is 13.2. The van der Waals surface area contributed by atoms with Crippen LogP contribution in [0.3, 0.4) is 0 Å². The molecule has 0 fully saturated rings. The number of hydrogen-bond donors (Lipinski definition) is 1. The fourth-order valence-corrected chi connectivity index (χ4v) is 2.42. The minimum atomic E-state index is -4.41. The third-order valence-electron chi connectivity index (χ3n) is 3.13. The second kappa shape index (κ2) is 6.15. The predicted molar refractivity (Wildman–Crippen MR) is 78.8 cm³/mol. The number of rotatable bonds is 3. The van der Waals surface area contributed by atoms with Gasteiger partial charge in [-0.05, 0) is 36.2 Å². The maximum atomic E-state index is 12.9. The van der Waals surface area contributed by atoms with Gasteiger partial charge in [-0.3, -0.25) is 4.98 Å². The predicted octanol–water partition coefficient (Wildman–Crippen LogP) is 4.41. The maximum absolute atomic E-state index is 12.9. The summed E-state index contributed by atoms with van der Waals surface area (Å²) in [6.07, 6.45) is -2.30. The molecule has 2 rings (SSSR count). The van der Waals surface area contributed by atoms with Crippen LogP contribution in [0.1, 0.15) is 28.4 Å². The van der Waals surface area contributed by atoms with Crippen LogP contribution in [0.5, 0.6) is 0 Å². The second-order valence-corrected chi connectivity index (χ2v) is 5.73. The number of alkyl halides is 3. The lowest BCUT2D eigenvalue weighted by atomic mass is 10.00. The van der Waals surface area contributed by atoms with Crippen molar-refractivity contribution >= 4 is 15.9 Å². The summed E-state index contributed by atoms with van der Waals surface area (Å²) in [5, 5.41) is 0. The van der Waals surface area contributed by atoms with Gasteiger partial charge in [0.25, 0.3) is 0 Å². The van der Waals surface area contributed by atoms with Crippen LogP contribution >= 0.6 is 15.9 Å². The van der Waals surface area contributed by atoms with Gasteiger partial charge in [0.15, 0.2) is 0 Å². The highest BCUT2D eigenvalue weighted by Crippen LogP contribution is 2.36. The Hall–Kier alpha value is -1.40. The van der Waals surface area contributed by atoms with Crippen molar-refractivity contribution in [2.45, 2.75) is 25.6 Å². The van der Waals surface area contributed by atoms with E-state index in [1.807, 2.05) is 19.1 Å². The van der Waals surface area contributed by atoms with Crippen LogP contribution in [-0.4, -0.2) is 4.98 Å². The number of halogens is 4. The molecule has 2 aromatic rings. The molecule has 1 unspecified atom stereocenters.